The zero-order chi connectivity index (χ0) is 13.2. The summed E-state index contributed by atoms with van der Waals surface area (Å²) in [4.78, 5) is 0.232. The summed E-state index contributed by atoms with van der Waals surface area (Å²) < 4.78 is 27.5. The number of hydrogen-bond donors (Lipinski definition) is 2. The zero-order valence-electron chi connectivity index (χ0n) is 10.6. The number of anilines is 1. The van der Waals surface area contributed by atoms with Gasteiger partial charge in [0.05, 0.1) is 5.69 Å². The largest absolute Gasteiger partial charge is 0.398 e. The number of nitrogen functional groups attached to an aromatic ring is 1. The van der Waals surface area contributed by atoms with Crippen molar-refractivity contribution in [1.82, 2.24) is 4.72 Å². The van der Waals surface area contributed by atoms with Crippen LogP contribution in [0.25, 0.3) is 0 Å². The zero-order valence-corrected chi connectivity index (χ0v) is 11.5. The Bertz CT molecular complexity index is 500. The molecule has 1 aliphatic carbocycles. The first-order valence-electron chi connectivity index (χ1n) is 6.38. The van der Waals surface area contributed by atoms with Gasteiger partial charge in [0.15, 0.2) is 0 Å². The van der Waals surface area contributed by atoms with Crippen LogP contribution in [0.5, 0.6) is 0 Å². The standard InChI is InChI=1S/C13H20N2O2S/c1-10-6-5-9-12(14)13(10)18(16,17)15-11-7-3-2-4-8-11/h5-6,9,11,15H,2-4,7-8,14H2,1H3. The van der Waals surface area contributed by atoms with Crippen LogP contribution in [-0.4, -0.2) is 14.5 Å². The molecule has 1 aromatic carbocycles. The molecule has 1 saturated carbocycles. The summed E-state index contributed by atoms with van der Waals surface area (Å²) in [6, 6.07) is 5.22. The molecule has 4 nitrogen and oxygen atoms in total. The quantitative estimate of drug-likeness (QED) is 0.825. The van der Waals surface area contributed by atoms with Gasteiger partial charge in [-0.2, -0.15) is 0 Å². The maximum Gasteiger partial charge on any atom is 0.243 e. The summed E-state index contributed by atoms with van der Waals surface area (Å²) in [5.41, 5.74) is 6.80. The van der Waals surface area contributed by atoms with Crippen molar-refractivity contribution < 1.29 is 8.42 Å². The van der Waals surface area contributed by atoms with E-state index < -0.39 is 10.0 Å². The summed E-state index contributed by atoms with van der Waals surface area (Å²) in [6.07, 6.45) is 5.23. The molecule has 1 fully saturated rings. The summed E-state index contributed by atoms with van der Waals surface area (Å²) >= 11 is 0. The molecule has 0 radical (unpaired) electrons. The van der Waals surface area contributed by atoms with E-state index in [1.54, 1.807) is 25.1 Å². The topological polar surface area (TPSA) is 72.2 Å². The molecule has 0 amide bonds. The van der Waals surface area contributed by atoms with Crippen molar-refractivity contribution in [2.75, 3.05) is 5.73 Å². The molecule has 0 spiro atoms. The number of hydrogen-bond acceptors (Lipinski definition) is 3. The van der Waals surface area contributed by atoms with Crippen LogP contribution in [-0.2, 0) is 10.0 Å². The maximum absolute atomic E-state index is 12.4. The molecule has 1 aromatic rings. The van der Waals surface area contributed by atoms with E-state index in [1.165, 1.54) is 6.42 Å². The molecular formula is C13H20N2O2S. The molecule has 0 saturated heterocycles. The van der Waals surface area contributed by atoms with Crippen LogP contribution in [0.3, 0.4) is 0 Å². The summed E-state index contributed by atoms with van der Waals surface area (Å²) in [7, 11) is -3.50. The van der Waals surface area contributed by atoms with Gasteiger partial charge in [0.2, 0.25) is 10.0 Å². The second-order valence-corrected chi connectivity index (χ2v) is 6.60. The van der Waals surface area contributed by atoms with Gasteiger partial charge in [0.1, 0.15) is 4.90 Å². The van der Waals surface area contributed by atoms with E-state index in [0.717, 1.165) is 25.7 Å². The number of nitrogens with one attached hydrogen (secondary N) is 1. The van der Waals surface area contributed by atoms with Crippen LogP contribution in [0.15, 0.2) is 23.1 Å². The molecule has 0 unspecified atom stereocenters. The fourth-order valence-corrected chi connectivity index (χ4v) is 4.20. The Balaban J connectivity index is 2.25. The highest BCUT2D eigenvalue weighted by atomic mass is 32.2. The van der Waals surface area contributed by atoms with Gasteiger partial charge in [-0.25, -0.2) is 13.1 Å². The Morgan fingerprint density at radius 2 is 1.89 bits per heavy atom. The summed E-state index contributed by atoms with van der Waals surface area (Å²) in [5, 5.41) is 0. The molecule has 0 bridgehead atoms. The fourth-order valence-electron chi connectivity index (χ4n) is 2.54. The van der Waals surface area contributed by atoms with E-state index in [4.69, 9.17) is 5.73 Å². The third kappa shape index (κ3) is 2.84. The van der Waals surface area contributed by atoms with Crippen LogP contribution < -0.4 is 10.5 Å². The molecule has 5 heteroatoms. The minimum Gasteiger partial charge on any atom is -0.398 e. The normalized spacial score (nSPS) is 17.8. The molecule has 2 rings (SSSR count). The third-order valence-corrected chi connectivity index (χ3v) is 5.18. The first-order valence-corrected chi connectivity index (χ1v) is 7.86. The lowest BCUT2D eigenvalue weighted by Crippen LogP contribution is -2.36. The van der Waals surface area contributed by atoms with Crippen LogP contribution in [0, 0.1) is 6.92 Å². The average Bonchev–Trinajstić information content (AvgIpc) is 2.28. The predicted octanol–water partition coefficient (Wildman–Crippen LogP) is 2.19. The SMILES string of the molecule is Cc1cccc(N)c1S(=O)(=O)NC1CCCCC1. The Kier molecular flexibility index (Phi) is 3.92. The highest BCUT2D eigenvalue weighted by Gasteiger charge is 2.24. The van der Waals surface area contributed by atoms with Crippen LogP contribution in [0.1, 0.15) is 37.7 Å². The van der Waals surface area contributed by atoms with E-state index in [2.05, 4.69) is 4.72 Å². The second-order valence-electron chi connectivity index (χ2n) is 4.95. The van der Waals surface area contributed by atoms with E-state index >= 15 is 0 Å². The van der Waals surface area contributed by atoms with Gasteiger partial charge >= 0.3 is 0 Å². The van der Waals surface area contributed by atoms with Gasteiger partial charge in [-0.3, -0.25) is 0 Å². The predicted molar refractivity (Wildman–Crippen MR) is 72.8 cm³/mol. The lowest BCUT2D eigenvalue weighted by molar-refractivity contribution is 0.412. The number of sulfonamides is 1. The Morgan fingerprint density at radius 1 is 1.22 bits per heavy atom. The van der Waals surface area contributed by atoms with Gasteiger partial charge in [0, 0.05) is 6.04 Å². The molecule has 1 aliphatic rings. The van der Waals surface area contributed by atoms with Gasteiger partial charge < -0.3 is 5.73 Å². The van der Waals surface area contributed by atoms with Crippen LogP contribution in [0.4, 0.5) is 5.69 Å². The lowest BCUT2D eigenvalue weighted by atomic mass is 9.96. The van der Waals surface area contributed by atoms with Gasteiger partial charge in [-0.05, 0) is 31.4 Å². The Labute approximate surface area is 109 Å². The monoisotopic (exact) mass is 268 g/mol. The summed E-state index contributed by atoms with van der Waals surface area (Å²) in [6.45, 7) is 1.77. The molecule has 0 aromatic heterocycles. The van der Waals surface area contributed by atoms with Gasteiger partial charge in [-0.1, -0.05) is 31.4 Å². The first kappa shape index (κ1) is 13.4. The number of nitrogens with two attached hydrogens (primary N) is 1. The van der Waals surface area contributed by atoms with Crippen molar-refractivity contribution in [2.24, 2.45) is 0 Å². The van der Waals surface area contributed by atoms with E-state index in [9.17, 15) is 8.42 Å². The number of aryl methyl sites for hydroxylation is 1. The molecule has 3 N–H and O–H groups in total. The highest BCUT2D eigenvalue weighted by molar-refractivity contribution is 7.89. The molecule has 0 aliphatic heterocycles. The maximum atomic E-state index is 12.4. The second kappa shape index (κ2) is 5.28. The number of benzene rings is 1. The lowest BCUT2D eigenvalue weighted by Gasteiger charge is -2.23. The Hall–Kier alpha value is -1.07. The van der Waals surface area contributed by atoms with E-state index in [0.29, 0.717) is 11.3 Å². The van der Waals surface area contributed by atoms with Crippen molar-refractivity contribution in [3.63, 3.8) is 0 Å². The molecule has 100 valence electrons. The van der Waals surface area contributed by atoms with Crippen molar-refractivity contribution in [1.29, 1.82) is 0 Å². The molecule has 18 heavy (non-hydrogen) atoms. The molecule has 0 heterocycles. The minimum atomic E-state index is -3.50. The van der Waals surface area contributed by atoms with E-state index in [-0.39, 0.29) is 10.9 Å². The smallest absolute Gasteiger partial charge is 0.243 e. The first-order chi connectivity index (χ1) is 8.50. The highest BCUT2D eigenvalue weighted by Crippen LogP contribution is 2.24. The number of rotatable bonds is 3. The van der Waals surface area contributed by atoms with Crippen molar-refractivity contribution in [3.8, 4) is 0 Å². The van der Waals surface area contributed by atoms with Crippen LogP contribution >= 0.6 is 0 Å². The minimum absolute atomic E-state index is 0.0581. The third-order valence-electron chi connectivity index (χ3n) is 3.44. The van der Waals surface area contributed by atoms with E-state index in [1.807, 2.05) is 0 Å². The van der Waals surface area contributed by atoms with Crippen molar-refractivity contribution in [2.45, 2.75) is 50.0 Å². The molecular weight excluding hydrogens is 248 g/mol. The Morgan fingerprint density at radius 3 is 2.50 bits per heavy atom. The molecule has 0 atom stereocenters. The van der Waals surface area contributed by atoms with Crippen molar-refractivity contribution in [3.05, 3.63) is 23.8 Å². The van der Waals surface area contributed by atoms with Gasteiger partial charge in [-0.15, -0.1) is 0 Å². The average molecular weight is 268 g/mol. The van der Waals surface area contributed by atoms with Crippen LogP contribution in [0.2, 0.25) is 0 Å². The fraction of sp³-hybridized carbons (Fsp3) is 0.538. The summed E-state index contributed by atoms with van der Waals surface area (Å²) in [5.74, 6) is 0. The van der Waals surface area contributed by atoms with Crippen molar-refractivity contribution >= 4 is 15.7 Å². The van der Waals surface area contributed by atoms with Gasteiger partial charge in [0.25, 0.3) is 0 Å².